The van der Waals surface area contributed by atoms with Crippen molar-refractivity contribution in [2.45, 2.75) is 12.5 Å². The van der Waals surface area contributed by atoms with E-state index < -0.39 is 12.0 Å². The van der Waals surface area contributed by atoms with E-state index in [0.717, 1.165) is 4.47 Å². The number of halogens is 1. The minimum Gasteiger partial charge on any atom is -0.468 e. The lowest BCUT2D eigenvalue weighted by atomic mass is 10.2. The van der Waals surface area contributed by atoms with Gasteiger partial charge in [0.1, 0.15) is 11.8 Å². The molecule has 0 aliphatic carbocycles. The van der Waals surface area contributed by atoms with E-state index in [1.807, 2.05) is 0 Å². The number of carbonyl (C=O) groups is 1. The highest BCUT2D eigenvalue weighted by Crippen LogP contribution is 2.18. The minimum atomic E-state index is -0.674. The second-order valence-electron chi connectivity index (χ2n) is 2.53. The fourth-order valence-corrected chi connectivity index (χ4v) is 1.27. The SMILES string of the molecule is COC(=O)C(N)Cc1occc1Br. The summed E-state index contributed by atoms with van der Waals surface area (Å²) in [6.45, 7) is 0. The van der Waals surface area contributed by atoms with Crippen molar-refractivity contribution in [3.05, 3.63) is 22.6 Å². The highest BCUT2D eigenvalue weighted by atomic mass is 79.9. The normalized spacial score (nSPS) is 12.5. The van der Waals surface area contributed by atoms with Crippen molar-refractivity contribution >= 4 is 21.9 Å². The van der Waals surface area contributed by atoms with Crippen LogP contribution in [-0.4, -0.2) is 19.1 Å². The van der Waals surface area contributed by atoms with E-state index in [-0.39, 0.29) is 0 Å². The Balaban J connectivity index is 2.59. The number of carbonyl (C=O) groups excluding carboxylic acids is 1. The zero-order valence-electron chi connectivity index (χ0n) is 7.12. The van der Waals surface area contributed by atoms with Gasteiger partial charge < -0.3 is 14.9 Å². The Morgan fingerprint density at radius 3 is 3.00 bits per heavy atom. The van der Waals surface area contributed by atoms with Gasteiger partial charge in [-0.3, -0.25) is 4.79 Å². The maximum atomic E-state index is 10.9. The maximum absolute atomic E-state index is 10.9. The summed E-state index contributed by atoms with van der Waals surface area (Å²) in [6, 6.07) is 1.08. The largest absolute Gasteiger partial charge is 0.468 e. The standard InChI is InChI=1S/C8H10BrNO3/c1-12-8(11)6(10)4-7-5(9)2-3-13-7/h2-3,6H,4,10H2,1H3. The fourth-order valence-electron chi connectivity index (χ4n) is 0.905. The van der Waals surface area contributed by atoms with Crippen molar-refractivity contribution in [2.75, 3.05) is 7.11 Å². The first-order valence-corrected chi connectivity index (χ1v) is 4.49. The van der Waals surface area contributed by atoms with Crippen molar-refractivity contribution in [3.8, 4) is 0 Å². The van der Waals surface area contributed by atoms with Gasteiger partial charge in [0.05, 0.1) is 17.8 Å². The molecule has 0 aliphatic rings. The molecule has 0 radical (unpaired) electrons. The first-order valence-electron chi connectivity index (χ1n) is 3.70. The number of hydrogen-bond donors (Lipinski definition) is 1. The summed E-state index contributed by atoms with van der Waals surface area (Å²) < 4.78 is 10.4. The molecule has 0 amide bonds. The van der Waals surface area contributed by atoms with E-state index in [1.165, 1.54) is 13.4 Å². The summed E-state index contributed by atoms with van der Waals surface area (Å²) in [5, 5.41) is 0. The van der Waals surface area contributed by atoms with Gasteiger partial charge in [0, 0.05) is 6.42 Å². The van der Waals surface area contributed by atoms with Crippen molar-refractivity contribution in [3.63, 3.8) is 0 Å². The van der Waals surface area contributed by atoms with Crippen LogP contribution in [0, 0.1) is 0 Å². The van der Waals surface area contributed by atoms with E-state index in [9.17, 15) is 4.79 Å². The van der Waals surface area contributed by atoms with E-state index >= 15 is 0 Å². The van der Waals surface area contributed by atoms with E-state index in [1.54, 1.807) is 6.07 Å². The molecule has 0 saturated heterocycles. The van der Waals surface area contributed by atoms with E-state index in [0.29, 0.717) is 12.2 Å². The van der Waals surface area contributed by atoms with Crippen LogP contribution in [0.5, 0.6) is 0 Å². The first kappa shape index (κ1) is 10.3. The lowest BCUT2D eigenvalue weighted by molar-refractivity contribution is -0.142. The quantitative estimate of drug-likeness (QED) is 0.813. The van der Waals surface area contributed by atoms with Gasteiger partial charge in [-0.2, -0.15) is 0 Å². The molecule has 5 heteroatoms. The van der Waals surface area contributed by atoms with Gasteiger partial charge in [0.25, 0.3) is 0 Å². The molecule has 0 saturated carbocycles. The predicted octanol–water partition coefficient (Wildman–Crippen LogP) is 1.08. The number of rotatable bonds is 3. The molecule has 1 heterocycles. The number of nitrogens with two attached hydrogens (primary N) is 1. The van der Waals surface area contributed by atoms with Gasteiger partial charge in [0.15, 0.2) is 0 Å². The Bertz CT molecular complexity index is 297. The molecule has 1 rings (SSSR count). The number of esters is 1. The van der Waals surface area contributed by atoms with Crippen molar-refractivity contribution in [1.82, 2.24) is 0 Å². The molecule has 72 valence electrons. The molecule has 0 aliphatic heterocycles. The highest BCUT2D eigenvalue weighted by Gasteiger charge is 2.17. The van der Waals surface area contributed by atoms with E-state index in [2.05, 4.69) is 20.7 Å². The van der Waals surface area contributed by atoms with Gasteiger partial charge in [-0.25, -0.2) is 0 Å². The molecule has 0 spiro atoms. The molecule has 13 heavy (non-hydrogen) atoms. The molecule has 4 nitrogen and oxygen atoms in total. The molecule has 0 bridgehead atoms. The number of furan rings is 1. The summed E-state index contributed by atoms with van der Waals surface area (Å²) in [5.41, 5.74) is 5.53. The van der Waals surface area contributed by atoms with Crippen LogP contribution in [0.15, 0.2) is 21.2 Å². The third kappa shape index (κ3) is 2.57. The third-order valence-corrected chi connectivity index (χ3v) is 2.31. The lowest BCUT2D eigenvalue weighted by Crippen LogP contribution is -2.33. The van der Waals surface area contributed by atoms with Gasteiger partial charge in [0.2, 0.25) is 0 Å². The van der Waals surface area contributed by atoms with Crippen molar-refractivity contribution < 1.29 is 13.9 Å². The average Bonchev–Trinajstić information content (AvgIpc) is 2.50. The number of ether oxygens (including phenoxy) is 1. The average molecular weight is 248 g/mol. The first-order chi connectivity index (χ1) is 6.15. The van der Waals surface area contributed by atoms with Crippen LogP contribution in [0.4, 0.5) is 0 Å². The highest BCUT2D eigenvalue weighted by molar-refractivity contribution is 9.10. The fraction of sp³-hybridized carbons (Fsp3) is 0.375. The summed E-state index contributed by atoms with van der Waals surface area (Å²) in [4.78, 5) is 10.9. The van der Waals surface area contributed by atoms with Crippen LogP contribution in [0.3, 0.4) is 0 Å². The van der Waals surface area contributed by atoms with Crippen LogP contribution in [0.2, 0.25) is 0 Å². The Kier molecular flexibility index (Phi) is 3.50. The molecular formula is C8H10BrNO3. The zero-order valence-corrected chi connectivity index (χ0v) is 8.71. The lowest BCUT2D eigenvalue weighted by Gasteiger charge is -2.06. The monoisotopic (exact) mass is 247 g/mol. The Labute approximate surface area is 84.2 Å². The number of hydrogen-bond acceptors (Lipinski definition) is 4. The Morgan fingerprint density at radius 1 is 1.85 bits per heavy atom. The zero-order chi connectivity index (χ0) is 9.84. The molecule has 2 N–H and O–H groups in total. The summed E-state index contributed by atoms with van der Waals surface area (Å²) in [7, 11) is 1.30. The maximum Gasteiger partial charge on any atom is 0.323 e. The smallest absolute Gasteiger partial charge is 0.323 e. The second kappa shape index (κ2) is 4.43. The van der Waals surface area contributed by atoms with E-state index in [4.69, 9.17) is 10.2 Å². The second-order valence-corrected chi connectivity index (χ2v) is 3.38. The van der Waals surface area contributed by atoms with Crippen LogP contribution >= 0.6 is 15.9 Å². The number of methoxy groups -OCH3 is 1. The van der Waals surface area contributed by atoms with Gasteiger partial charge >= 0.3 is 5.97 Å². The molecule has 0 fully saturated rings. The van der Waals surface area contributed by atoms with Crippen LogP contribution in [-0.2, 0) is 16.0 Å². The minimum absolute atomic E-state index is 0.334. The molecule has 0 aromatic carbocycles. The third-order valence-electron chi connectivity index (χ3n) is 1.60. The van der Waals surface area contributed by atoms with Crippen molar-refractivity contribution in [2.24, 2.45) is 5.73 Å². The molecule has 1 unspecified atom stereocenters. The van der Waals surface area contributed by atoms with Gasteiger partial charge in [-0.05, 0) is 22.0 Å². The van der Waals surface area contributed by atoms with Crippen LogP contribution in [0.25, 0.3) is 0 Å². The Hall–Kier alpha value is -0.810. The topological polar surface area (TPSA) is 65.5 Å². The summed E-state index contributed by atoms with van der Waals surface area (Å²) >= 11 is 3.26. The summed E-state index contributed by atoms with van der Waals surface area (Å²) in [5.74, 6) is 0.209. The molecule has 1 aromatic rings. The van der Waals surface area contributed by atoms with Gasteiger partial charge in [-0.15, -0.1) is 0 Å². The predicted molar refractivity (Wildman–Crippen MR) is 50.1 cm³/mol. The molecular weight excluding hydrogens is 238 g/mol. The molecule has 1 atom stereocenters. The molecule has 1 aromatic heterocycles. The summed E-state index contributed by atoms with van der Waals surface area (Å²) in [6.07, 6.45) is 1.86. The van der Waals surface area contributed by atoms with Crippen molar-refractivity contribution in [1.29, 1.82) is 0 Å². The van der Waals surface area contributed by atoms with Crippen LogP contribution in [0.1, 0.15) is 5.76 Å². The van der Waals surface area contributed by atoms with Gasteiger partial charge in [-0.1, -0.05) is 0 Å². The Morgan fingerprint density at radius 2 is 2.54 bits per heavy atom. The van der Waals surface area contributed by atoms with Crippen LogP contribution < -0.4 is 5.73 Å².